The highest BCUT2D eigenvalue weighted by Gasteiger charge is 2.33. The van der Waals surface area contributed by atoms with E-state index in [-0.39, 0.29) is 17.4 Å². The number of fused-ring (bicyclic) bond motifs is 1. The minimum Gasteiger partial charge on any atom is -0.497 e. The van der Waals surface area contributed by atoms with Crippen molar-refractivity contribution >= 4 is 17.2 Å². The van der Waals surface area contributed by atoms with E-state index in [4.69, 9.17) is 4.74 Å². The van der Waals surface area contributed by atoms with Crippen LogP contribution in [0.5, 0.6) is 5.75 Å². The number of amides is 1. The van der Waals surface area contributed by atoms with Gasteiger partial charge in [0.15, 0.2) is 0 Å². The van der Waals surface area contributed by atoms with Crippen molar-refractivity contribution < 1.29 is 9.53 Å². The maximum atomic E-state index is 13.2. The zero-order valence-electron chi connectivity index (χ0n) is 17.1. The van der Waals surface area contributed by atoms with Crippen LogP contribution in [0, 0.1) is 11.3 Å². The second-order valence-electron chi connectivity index (χ2n) is 8.89. The molecule has 27 heavy (non-hydrogen) atoms. The Kier molecular flexibility index (Phi) is 5.95. The third-order valence-electron chi connectivity index (χ3n) is 5.20. The Morgan fingerprint density at radius 2 is 1.96 bits per heavy atom. The van der Waals surface area contributed by atoms with Gasteiger partial charge in [0, 0.05) is 17.8 Å². The molecule has 2 aromatic rings. The number of benzene rings is 1. The SMILES string of the molecule is COc1ccc([C@H]2c3ccsc3CCN2C(=O)C[C@H](C)CC(C)(C)C)cc1. The van der Waals surface area contributed by atoms with Crippen LogP contribution in [0.25, 0.3) is 0 Å². The number of methoxy groups -OCH3 is 1. The monoisotopic (exact) mass is 385 g/mol. The van der Waals surface area contributed by atoms with Gasteiger partial charge in [0.05, 0.1) is 13.2 Å². The van der Waals surface area contributed by atoms with Crippen molar-refractivity contribution in [1.29, 1.82) is 0 Å². The molecule has 3 rings (SSSR count). The molecule has 0 saturated heterocycles. The lowest BCUT2D eigenvalue weighted by Gasteiger charge is -2.37. The van der Waals surface area contributed by atoms with Gasteiger partial charge in [0.1, 0.15) is 5.75 Å². The number of nitrogens with zero attached hydrogens (tertiary/aromatic N) is 1. The van der Waals surface area contributed by atoms with E-state index in [9.17, 15) is 4.79 Å². The number of rotatable bonds is 5. The number of carbonyl (C=O) groups is 1. The number of thiophene rings is 1. The second kappa shape index (κ2) is 8.05. The van der Waals surface area contributed by atoms with Crippen molar-refractivity contribution in [1.82, 2.24) is 4.90 Å². The second-order valence-corrected chi connectivity index (χ2v) is 9.89. The molecule has 0 fully saturated rings. The third-order valence-corrected chi connectivity index (χ3v) is 6.20. The fourth-order valence-corrected chi connectivity index (χ4v) is 5.17. The zero-order valence-corrected chi connectivity index (χ0v) is 17.9. The average Bonchev–Trinajstić information content (AvgIpc) is 3.08. The van der Waals surface area contributed by atoms with E-state index in [0.717, 1.165) is 30.7 Å². The van der Waals surface area contributed by atoms with Gasteiger partial charge in [-0.2, -0.15) is 0 Å². The molecule has 4 heteroatoms. The molecule has 146 valence electrons. The van der Waals surface area contributed by atoms with E-state index in [1.54, 1.807) is 18.4 Å². The van der Waals surface area contributed by atoms with Crippen molar-refractivity contribution in [2.75, 3.05) is 13.7 Å². The molecule has 1 amide bonds. The number of hydrogen-bond acceptors (Lipinski definition) is 3. The fourth-order valence-electron chi connectivity index (χ4n) is 4.26. The molecule has 1 aromatic carbocycles. The molecule has 2 heterocycles. The predicted molar refractivity (Wildman–Crippen MR) is 112 cm³/mol. The summed E-state index contributed by atoms with van der Waals surface area (Å²) in [6, 6.07) is 10.4. The molecule has 0 N–H and O–H groups in total. The van der Waals surface area contributed by atoms with Crippen LogP contribution in [0.4, 0.5) is 0 Å². The Morgan fingerprint density at radius 1 is 1.26 bits per heavy atom. The van der Waals surface area contributed by atoms with E-state index in [0.29, 0.717) is 12.3 Å². The standard InChI is InChI=1S/C23H31NO2S/c1-16(15-23(2,3)4)14-21(25)24-12-10-20-19(11-13-27-20)22(24)17-6-8-18(26-5)9-7-17/h6-9,11,13,16,22H,10,12,14-15H2,1-5H3/t16-,22-/m0/s1. The minimum absolute atomic E-state index is 0.0141. The van der Waals surface area contributed by atoms with Crippen LogP contribution < -0.4 is 4.74 Å². The summed E-state index contributed by atoms with van der Waals surface area (Å²) < 4.78 is 5.31. The van der Waals surface area contributed by atoms with Crippen LogP contribution >= 0.6 is 11.3 Å². The van der Waals surface area contributed by atoms with Gasteiger partial charge in [-0.25, -0.2) is 0 Å². The molecule has 1 aliphatic heterocycles. The van der Waals surface area contributed by atoms with Crippen molar-refractivity contribution in [2.24, 2.45) is 11.3 Å². The summed E-state index contributed by atoms with van der Waals surface area (Å²) in [5, 5.41) is 2.15. The zero-order chi connectivity index (χ0) is 19.6. The van der Waals surface area contributed by atoms with Crippen molar-refractivity contribution in [3.8, 4) is 5.75 Å². The van der Waals surface area contributed by atoms with Crippen molar-refractivity contribution in [2.45, 2.75) is 53.0 Å². The minimum atomic E-state index is 0.0141. The first kappa shape index (κ1) is 19.9. The smallest absolute Gasteiger partial charge is 0.223 e. The fraction of sp³-hybridized carbons (Fsp3) is 0.522. The summed E-state index contributed by atoms with van der Waals surface area (Å²) in [6.07, 6.45) is 2.63. The molecule has 2 atom stereocenters. The summed E-state index contributed by atoms with van der Waals surface area (Å²) in [5.74, 6) is 1.50. The Bertz CT molecular complexity index is 772. The highest BCUT2D eigenvalue weighted by Crippen LogP contribution is 2.39. The van der Waals surface area contributed by atoms with Gasteiger partial charge in [-0.1, -0.05) is 39.8 Å². The Morgan fingerprint density at radius 3 is 2.59 bits per heavy atom. The van der Waals surface area contributed by atoms with Crippen LogP contribution in [0.2, 0.25) is 0 Å². The molecular weight excluding hydrogens is 354 g/mol. The van der Waals surface area contributed by atoms with Crippen molar-refractivity contribution in [3.05, 3.63) is 51.7 Å². The number of ether oxygens (including phenoxy) is 1. The average molecular weight is 386 g/mol. The van der Waals surface area contributed by atoms with Gasteiger partial charge >= 0.3 is 0 Å². The summed E-state index contributed by atoms with van der Waals surface area (Å²) in [6.45, 7) is 9.72. The predicted octanol–water partition coefficient (Wildman–Crippen LogP) is 5.69. The first-order chi connectivity index (χ1) is 12.8. The quantitative estimate of drug-likeness (QED) is 0.661. The lowest BCUT2D eigenvalue weighted by Crippen LogP contribution is -2.40. The highest BCUT2D eigenvalue weighted by atomic mass is 32.1. The number of hydrogen-bond donors (Lipinski definition) is 0. The van der Waals surface area contributed by atoms with Gasteiger partial charge in [-0.3, -0.25) is 4.79 Å². The lowest BCUT2D eigenvalue weighted by molar-refractivity contribution is -0.134. The first-order valence-electron chi connectivity index (χ1n) is 9.78. The molecule has 3 nitrogen and oxygen atoms in total. The summed E-state index contributed by atoms with van der Waals surface area (Å²) in [4.78, 5) is 16.7. The van der Waals surface area contributed by atoms with E-state index >= 15 is 0 Å². The Hall–Kier alpha value is -1.81. The molecule has 0 radical (unpaired) electrons. The van der Waals surface area contributed by atoms with Gasteiger partial charge in [-0.05, 0) is 58.9 Å². The van der Waals surface area contributed by atoms with Crippen LogP contribution in [0.15, 0.2) is 35.7 Å². The largest absolute Gasteiger partial charge is 0.497 e. The molecule has 1 aromatic heterocycles. The summed E-state index contributed by atoms with van der Waals surface area (Å²) >= 11 is 1.80. The van der Waals surface area contributed by atoms with Gasteiger partial charge < -0.3 is 9.64 Å². The van der Waals surface area contributed by atoms with Crippen LogP contribution in [-0.4, -0.2) is 24.5 Å². The molecule has 1 aliphatic rings. The van der Waals surface area contributed by atoms with E-state index < -0.39 is 0 Å². The molecule has 0 spiro atoms. The third kappa shape index (κ3) is 4.73. The maximum Gasteiger partial charge on any atom is 0.223 e. The van der Waals surface area contributed by atoms with Crippen LogP contribution in [0.3, 0.4) is 0 Å². The van der Waals surface area contributed by atoms with Crippen molar-refractivity contribution in [3.63, 3.8) is 0 Å². The van der Waals surface area contributed by atoms with Crippen LogP contribution in [-0.2, 0) is 11.2 Å². The summed E-state index contributed by atoms with van der Waals surface area (Å²) in [5.41, 5.74) is 2.69. The normalized spacial score (nSPS) is 18.1. The first-order valence-corrected chi connectivity index (χ1v) is 10.7. The molecule has 0 saturated carbocycles. The lowest BCUT2D eigenvalue weighted by atomic mass is 9.83. The molecule has 0 bridgehead atoms. The molecule has 0 aliphatic carbocycles. The summed E-state index contributed by atoms with van der Waals surface area (Å²) in [7, 11) is 1.68. The number of carbonyl (C=O) groups excluding carboxylic acids is 1. The Labute approximate surface area is 167 Å². The Balaban J connectivity index is 1.85. The van der Waals surface area contributed by atoms with E-state index in [2.05, 4.69) is 56.2 Å². The maximum absolute atomic E-state index is 13.2. The van der Waals surface area contributed by atoms with Gasteiger partial charge in [0.2, 0.25) is 5.91 Å². The molecule has 0 unspecified atom stereocenters. The topological polar surface area (TPSA) is 29.5 Å². The van der Waals surface area contributed by atoms with E-state index in [1.807, 2.05) is 12.1 Å². The molecular formula is C23H31NO2S. The van der Waals surface area contributed by atoms with E-state index in [1.165, 1.54) is 10.4 Å². The van der Waals surface area contributed by atoms with Crippen LogP contribution in [0.1, 0.15) is 62.6 Å². The van der Waals surface area contributed by atoms with Gasteiger partial charge in [-0.15, -0.1) is 11.3 Å². The van der Waals surface area contributed by atoms with Gasteiger partial charge in [0.25, 0.3) is 0 Å². The highest BCUT2D eigenvalue weighted by molar-refractivity contribution is 7.10.